The van der Waals surface area contributed by atoms with E-state index in [1.54, 1.807) is 0 Å². The Morgan fingerprint density at radius 2 is 1.62 bits per heavy atom. The molecule has 0 atom stereocenters. The first-order valence-electron chi connectivity index (χ1n) is 4.32. The molecule has 0 fully saturated rings. The minimum Gasteiger partial charge on any atom is -0.362 e. The van der Waals surface area contributed by atoms with Crippen LogP contribution in [0.3, 0.4) is 0 Å². The standard InChI is InChI=1S/C12H11N/c1-2-6-11(5-1)8-9-12-7-3-4-10-13-12/h1-10,13H. The molecule has 0 amide bonds. The third-order valence-corrected chi connectivity index (χ3v) is 1.88. The highest BCUT2D eigenvalue weighted by Gasteiger charge is 1.91. The summed E-state index contributed by atoms with van der Waals surface area (Å²) in [5, 5.41) is 3.14. The molecule has 64 valence electrons. The van der Waals surface area contributed by atoms with E-state index in [4.69, 9.17) is 0 Å². The van der Waals surface area contributed by atoms with Crippen LogP contribution in [0.5, 0.6) is 0 Å². The van der Waals surface area contributed by atoms with Gasteiger partial charge in [0.1, 0.15) is 0 Å². The Kier molecular flexibility index (Phi) is 2.28. The molecule has 1 aliphatic carbocycles. The summed E-state index contributed by atoms with van der Waals surface area (Å²) in [6, 6.07) is 0. The fourth-order valence-electron chi connectivity index (χ4n) is 1.20. The van der Waals surface area contributed by atoms with Gasteiger partial charge in [-0.3, -0.25) is 0 Å². The van der Waals surface area contributed by atoms with Crippen LogP contribution in [0.15, 0.2) is 72.2 Å². The van der Waals surface area contributed by atoms with E-state index in [9.17, 15) is 0 Å². The normalized spacial score (nSPS) is 21.2. The summed E-state index contributed by atoms with van der Waals surface area (Å²) in [6.45, 7) is 0. The summed E-state index contributed by atoms with van der Waals surface area (Å²) in [6.07, 6.45) is 20.3. The van der Waals surface area contributed by atoms with Crippen molar-refractivity contribution in [2.45, 2.75) is 0 Å². The molecule has 0 radical (unpaired) electrons. The van der Waals surface area contributed by atoms with E-state index >= 15 is 0 Å². The van der Waals surface area contributed by atoms with Crippen LogP contribution in [0.1, 0.15) is 0 Å². The van der Waals surface area contributed by atoms with E-state index in [0.29, 0.717) is 0 Å². The molecule has 0 spiro atoms. The molecule has 0 saturated carbocycles. The molecule has 1 heterocycles. The Labute approximate surface area is 78.2 Å². The van der Waals surface area contributed by atoms with Crippen LogP contribution >= 0.6 is 0 Å². The average Bonchev–Trinajstić information content (AvgIpc) is 2.69. The predicted octanol–water partition coefficient (Wildman–Crippen LogP) is 2.60. The van der Waals surface area contributed by atoms with Crippen molar-refractivity contribution in [3.63, 3.8) is 0 Å². The maximum Gasteiger partial charge on any atom is 0.0379 e. The van der Waals surface area contributed by atoms with Crippen molar-refractivity contribution >= 4 is 0 Å². The molecular formula is C12H11N. The van der Waals surface area contributed by atoms with Crippen LogP contribution in [-0.4, -0.2) is 0 Å². The molecule has 1 aliphatic heterocycles. The number of hydrogen-bond donors (Lipinski definition) is 1. The second kappa shape index (κ2) is 3.76. The summed E-state index contributed by atoms with van der Waals surface area (Å²) in [5.41, 5.74) is 2.35. The van der Waals surface area contributed by atoms with E-state index < -0.39 is 0 Å². The van der Waals surface area contributed by atoms with Crippen molar-refractivity contribution in [1.29, 1.82) is 0 Å². The molecule has 13 heavy (non-hydrogen) atoms. The summed E-state index contributed by atoms with van der Waals surface area (Å²) < 4.78 is 0. The number of allylic oxidation sites excluding steroid dienone is 10. The van der Waals surface area contributed by atoms with Gasteiger partial charge in [-0.1, -0.05) is 36.5 Å². The first-order chi connectivity index (χ1) is 6.45. The maximum atomic E-state index is 3.14. The number of hydrogen-bond acceptors (Lipinski definition) is 1. The molecule has 1 nitrogen and oxygen atoms in total. The number of nitrogens with one attached hydrogen (secondary N) is 1. The smallest absolute Gasteiger partial charge is 0.0379 e. The third kappa shape index (κ3) is 2.09. The van der Waals surface area contributed by atoms with E-state index in [0.717, 1.165) is 5.70 Å². The zero-order valence-corrected chi connectivity index (χ0v) is 7.27. The second-order valence-electron chi connectivity index (χ2n) is 2.87. The highest BCUT2D eigenvalue weighted by Crippen LogP contribution is 2.08. The molecule has 1 heteroatoms. The van der Waals surface area contributed by atoms with Gasteiger partial charge in [0.05, 0.1) is 0 Å². The zero-order chi connectivity index (χ0) is 8.93. The van der Waals surface area contributed by atoms with Crippen molar-refractivity contribution in [1.82, 2.24) is 5.32 Å². The molecule has 0 aromatic heterocycles. The average molecular weight is 169 g/mol. The van der Waals surface area contributed by atoms with Gasteiger partial charge >= 0.3 is 0 Å². The van der Waals surface area contributed by atoms with Gasteiger partial charge in [-0.2, -0.15) is 0 Å². The van der Waals surface area contributed by atoms with Gasteiger partial charge in [-0.25, -0.2) is 0 Å². The molecule has 0 aromatic rings. The lowest BCUT2D eigenvalue weighted by atomic mass is 10.2. The van der Waals surface area contributed by atoms with E-state index in [1.165, 1.54) is 5.57 Å². The summed E-state index contributed by atoms with van der Waals surface area (Å²) in [7, 11) is 0. The van der Waals surface area contributed by atoms with Gasteiger partial charge in [0.15, 0.2) is 0 Å². The Bertz CT molecular complexity index is 349. The third-order valence-electron chi connectivity index (χ3n) is 1.88. The van der Waals surface area contributed by atoms with E-state index in [-0.39, 0.29) is 0 Å². The minimum atomic E-state index is 1.11. The van der Waals surface area contributed by atoms with Crippen LogP contribution < -0.4 is 5.32 Å². The Hall–Kier alpha value is -1.76. The highest BCUT2D eigenvalue weighted by molar-refractivity contribution is 5.43. The first-order valence-corrected chi connectivity index (χ1v) is 4.32. The topological polar surface area (TPSA) is 12.0 Å². The summed E-state index contributed by atoms with van der Waals surface area (Å²) >= 11 is 0. The molecule has 1 N–H and O–H groups in total. The van der Waals surface area contributed by atoms with Crippen molar-refractivity contribution in [2.24, 2.45) is 0 Å². The lowest BCUT2D eigenvalue weighted by Gasteiger charge is -2.03. The summed E-state index contributed by atoms with van der Waals surface area (Å²) in [4.78, 5) is 0. The van der Waals surface area contributed by atoms with Crippen molar-refractivity contribution in [3.05, 3.63) is 72.2 Å². The maximum absolute atomic E-state index is 3.14. The molecule has 2 rings (SSSR count). The molecule has 2 aliphatic rings. The molecule has 0 bridgehead atoms. The molecular weight excluding hydrogens is 158 g/mol. The predicted molar refractivity (Wildman–Crippen MR) is 55.9 cm³/mol. The SMILES string of the molecule is C1=CNC(=CC=C2C=CC=C2)C=C1. The monoisotopic (exact) mass is 169 g/mol. The van der Waals surface area contributed by atoms with E-state index in [2.05, 4.69) is 29.6 Å². The van der Waals surface area contributed by atoms with E-state index in [1.807, 2.05) is 36.6 Å². The van der Waals surface area contributed by atoms with Crippen LogP contribution in [0, 0.1) is 0 Å². The highest BCUT2D eigenvalue weighted by atomic mass is 14.8. The fraction of sp³-hybridized carbons (Fsp3) is 0. The van der Waals surface area contributed by atoms with Gasteiger partial charge in [0, 0.05) is 11.9 Å². The van der Waals surface area contributed by atoms with Crippen molar-refractivity contribution in [2.75, 3.05) is 0 Å². The van der Waals surface area contributed by atoms with Crippen molar-refractivity contribution < 1.29 is 0 Å². The van der Waals surface area contributed by atoms with Crippen LogP contribution in [0.25, 0.3) is 0 Å². The Morgan fingerprint density at radius 3 is 2.31 bits per heavy atom. The molecule has 0 aromatic carbocycles. The first kappa shape index (κ1) is 7.87. The number of dihydropyridines is 1. The van der Waals surface area contributed by atoms with Crippen LogP contribution in [-0.2, 0) is 0 Å². The second-order valence-corrected chi connectivity index (χ2v) is 2.87. The lowest BCUT2D eigenvalue weighted by molar-refractivity contribution is 1.10. The van der Waals surface area contributed by atoms with Gasteiger partial charge < -0.3 is 5.32 Å². The Morgan fingerprint density at radius 1 is 0.846 bits per heavy atom. The van der Waals surface area contributed by atoms with Crippen molar-refractivity contribution in [3.8, 4) is 0 Å². The minimum absolute atomic E-state index is 1.11. The summed E-state index contributed by atoms with van der Waals surface area (Å²) in [5.74, 6) is 0. The lowest BCUT2D eigenvalue weighted by Crippen LogP contribution is -2.03. The number of rotatable bonds is 1. The molecule has 0 unspecified atom stereocenters. The van der Waals surface area contributed by atoms with Crippen LogP contribution in [0.2, 0.25) is 0 Å². The van der Waals surface area contributed by atoms with Gasteiger partial charge in [-0.15, -0.1) is 0 Å². The van der Waals surface area contributed by atoms with Gasteiger partial charge in [0.25, 0.3) is 0 Å². The quantitative estimate of drug-likeness (QED) is 0.636. The zero-order valence-electron chi connectivity index (χ0n) is 7.27. The van der Waals surface area contributed by atoms with Gasteiger partial charge in [0.2, 0.25) is 0 Å². The Balaban J connectivity index is 2.08. The van der Waals surface area contributed by atoms with Gasteiger partial charge in [-0.05, 0) is 23.8 Å². The van der Waals surface area contributed by atoms with Crippen LogP contribution in [0.4, 0.5) is 0 Å². The molecule has 0 saturated heterocycles. The largest absolute Gasteiger partial charge is 0.362 e. The fourth-order valence-corrected chi connectivity index (χ4v) is 1.20.